The van der Waals surface area contributed by atoms with E-state index in [1.54, 1.807) is 0 Å². The van der Waals surface area contributed by atoms with E-state index in [0.29, 0.717) is 17.1 Å². The molecule has 3 aromatic rings. The molecule has 1 aliphatic heterocycles. The highest BCUT2D eigenvalue weighted by atomic mass is 35.5. The highest BCUT2D eigenvalue weighted by Crippen LogP contribution is 2.25. The molecule has 3 aromatic carbocycles. The number of hydrogen-bond donors (Lipinski definition) is 1. The van der Waals surface area contributed by atoms with Crippen LogP contribution >= 0.6 is 11.6 Å². The molecular weight excluding hydrogens is 330 g/mol. The van der Waals surface area contributed by atoms with Gasteiger partial charge in [-0.1, -0.05) is 66.2 Å². The van der Waals surface area contributed by atoms with Crippen molar-refractivity contribution in [2.45, 2.75) is 6.54 Å². The molecule has 0 atom stereocenters. The fraction of sp³-hybridized carbons (Fsp3) is 0.0500. The molecule has 1 amide bonds. The normalized spacial score (nSPS) is 13.4. The van der Waals surface area contributed by atoms with Crippen LogP contribution in [0.5, 0.6) is 0 Å². The zero-order valence-corrected chi connectivity index (χ0v) is 14.3. The van der Waals surface area contributed by atoms with Crippen LogP contribution in [-0.4, -0.2) is 17.7 Å². The largest absolute Gasteiger partial charge is 0.411 e. The molecule has 5 heteroatoms. The van der Waals surface area contributed by atoms with Gasteiger partial charge in [-0.25, -0.2) is 0 Å². The number of carbonyl (C=O) groups is 1. The van der Waals surface area contributed by atoms with Crippen molar-refractivity contribution >= 4 is 35.6 Å². The third kappa shape index (κ3) is 3.13. The number of para-hydroxylation sites is 1. The van der Waals surface area contributed by atoms with Gasteiger partial charge in [0.25, 0.3) is 0 Å². The highest BCUT2D eigenvalue weighted by molar-refractivity contribution is 6.76. The summed E-state index contributed by atoms with van der Waals surface area (Å²) in [5, 5.41) is 4.18. The van der Waals surface area contributed by atoms with E-state index < -0.39 is 0 Å². The van der Waals surface area contributed by atoms with Crippen LogP contribution in [0.4, 0.5) is 5.69 Å². The second kappa shape index (κ2) is 6.65. The molecule has 122 valence electrons. The van der Waals surface area contributed by atoms with Gasteiger partial charge in [-0.3, -0.25) is 4.79 Å². The predicted octanol–water partition coefficient (Wildman–Crippen LogP) is 3.80. The number of amides is 1. The van der Waals surface area contributed by atoms with Gasteiger partial charge in [-0.2, -0.15) is 0 Å². The van der Waals surface area contributed by atoms with Crippen molar-refractivity contribution in [3.05, 3.63) is 95.0 Å². The third-order valence-corrected chi connectivity index (χ3v) is 4.66. The van der Waals surface area contributed by atoms with E-state index in [0.717, 1.165) is 16.7 Å². The first-order chi connectivity index (χ1) is 12.2. The quantitative estimate of drug-likeness (QED) is 0.732. The Morgan fingerprint density at radius 3 is 2.32 bits per heavy atom. The van der Waals surface area contributed by atoms with E-state index >= 15 is 0 Å². The van der Waals surface area contributed by atoms with Gasteiger partial charge < -0.3 is 10.0 Å². The topological polar surface area (TPSA) is 32.3 Å². The zero-order chi connectivity index (χ0) is 17.2. The molecule has 1 aliphatic rings. The predicted molar refractivity (Wildman–Crippen MR) is 103 cm³/mol. The number of nitrogens with zero attached hydrogens (tertiary/aromatic N) is 1. The smallest absolute Gasteiger partial charge is 0.405 e. The van der Waals surface area contributed by atoms with Crippen molar-refractivity contribution in [3.63, 3.8) is 0 Å². The molecule has 3 nitrogen and oxygen atoms in total. The van der Waals surface area contributed by atoms with Crippen molar-refractivity contribution < 1.29 is 4.79 Å². The molecule has 0 spiro atoms. The Kier molecular flexibility index (Phi) is 4.20. The van der Waals surface area contributed by atoms with Crippen LogP contribution in [0.2, 0.25) is 5.02 Å². The third-order valence-electron chi connectivity index (χ3n) is 4.40. The average molecular weight is 347 g/mol. The van der Waals surface area contributed by atoms with E-state index in [1.165, 1.54) is 0 Å². The standard InChI is InChI=1S/C20H16BClN2O/c22-17-12-10-16(11-13-17)21-23-19-9-5-4-8-18(19)20(25)24(21)14-15-6-2-1-3-7-15/h1-13,23H,14H2. The van der Waals surface area contributed by atoms with Crippen LogP contribution in [0.25, 0.3) is 0 Å². The molecule has 0 radical (unpaired) electrons. The van der Waals surface area contributed by atoms with E-state index in [1.807, 2.05) is 83.7 Å². The molecule has 0 aliphatic carbocycles. The summed E-state index contributed by atoms with van der Waals surface area (Å²) in [6.45, 7) is 0.300. The maximum atomic E-state index is 13.1. The number of rotatable bonds is 3. The lowest BCUT2D eigenvalue weighted by Gasteiger charge is -2.35. The fourth-order valence-electron chi connectivity index (χ4n) is 3.14. The van der Waals surface area contributed by atoms with Gasteiger partial charge in [0.2, 0.25) is 5.91 Å². The van der Waals surface area contributed by atoms with E-state index in [2.05, 4.69) is 5.23 Å². The molecular formula is C20H16BClN2O. The number of benzene rings is 3. The molecule has 4 rings (SSSR count). The Balaban J connectivity index is 1.75. The zero-order valence-electron chi connectivity index (χ0n) is 13.5. The lowest BCUT2D eigenvalue weighted by molar-refractivity contribution is 0.0847. The van der Waals surface area contributed by atoms with Crippen molar-refractivity contribution in [3.8, 4) is 0 Å². The molecule has 1 N–H and O–H groups in total. The summed E-state index contributed by atoms with van der Waals surface area (Å²) in [6.07, 6.45) is 0. The minimum atomic E-state index is -0.236. The van der Waals surface area contributed by atoms with Gasteiger partial charge in [0, 0.05) is 17.3 Å². The summed E-state index contributed by atoms with van der Waals surface area (Å²) in [6, 6.07) is 25.3. The Hall–Kier alpha value is -2.72. The van der Waals surface area contributed by atoms with Crippen LogP contribution in [0, 0.1) is 0 Å². The summed E-state index contributed by atoms with van der Waals surface area (Å²) >= 11 is 6.03. The minimum absolute atomic E-state index is 0.0261. The molecule has 25 heavy (non-hydrogen) atoms. The van der Waals surface area contributed by atoms with Gasteiger partial charge in [0.15, 0.2) is 0 Å². The monoisotopic (exact) mass is 346 g/mol. The summed E-state index contributed by atoms with van der Waals surface area (Å²) < 4.78 is 0. The molecule has 0 aromatic heterocycles. The number of carbonyl (C=O) groups excluding carboxylic acids is 1. The molecule has 0 saturated carbocycles. The van der Waals surface area contributed by atoms with Crippen LogP contribution in [0.15, 0.2) is 78.9 Å². The van der Waals surface area contributed by atoms with Gasteiger partial charge in [-0.05, 0) is 35.3 Å². The van der Waals surface area contributed by atoms with Gasteiger partial charge >= 0.3 is 6.98 Å². The molecule has 0 saturated heterocycles. The van der Waals surface area contributed by atoms with E-state index in [4.69, 9.17) is 11.6 Å². The van der Waals surface area contributed by atoms with Crippen LogP contribution in [-0.2, 0) is 6.54 Å². The molecule has 1 heterocycles. The number of nitrogens with one attached hydrogen (secondary N) is 1. The first-order valence-corrected chi connectivity index (χ1v) is 8.56. The first-order valence-electron chi connectivity index (χ1n) is 8.18. The first kappa shape index (κ1) is 15.8. The second-order valence-electron chi connectivity index (χ2n) is 6.06. The fourth-order valence-corrected chi connectivity index (χ4v) is 3.27. The van der Waals surface area contributed by atoms with Crippen molar-refractivity contribution in [1.82, 2.24) is 4.81 Å². The van der Waals surface area contributed by atoms with E-state index in [-0.39, 0.29) is 12.9 Å². The summed E-state index contributed by atoms with van der Waals surface area (Å²) in [5.74, 6) is 0.0261. The lowest BCUT2D eigenvalue weighted by atomic mass is 9.63. The molecule has 0 fully saturated rings. The molecule has 0 bridgehead atoms. The molecule has 0 unspecified atom stereocenters. The average Bonchev–Trinajstić information content (AvgIpc) is 2.65. The van der Waals surface area contributed by atoms with Gasteiger partial charge in [-0.15, -0.1) is 0 Å². The Bertz CT molecular complexity index is 899. The summed E-state index contributed by atoms with van der Waals surface area (Å²) in [7, 11) is 0. The lowest BCUT2D eigenvalue weighted by Crippen LogP contribution is -2.58. The van der Waals surface area contributed by atoms with Crippen LogP contribution in [0.3, 0.4) is 0 Å². The highest BCUT2D eigenvalue weighted by Gasteiger charge is 2.36. The Morgan fingerprint density at radius 2 is 1.56 bits per heavy atom. The van der Waals surface area contributed by atoms with Crippen molar-refractivity contribution in [2.24, 2.45) is 0 Å². The van der Waals surface area contributed by atoms with Gasteiger partial charge in [0.1, 0.15) is 0 Å². The summed E-state index contributed by atoms with van der Waals surface area (Å²) in [4.78, 5) is 15.0. The van der Waals surface area contributed by atoms with Crippen LogP contribution < -0.4 is 10.7 Å². The maximum Gasteiger partial charge on any atom is 0.411 e. The number of halogens is 1. The minimum Gasteiger partial charge on any atom is -0.405 e. The van der Waals surface area contributed by atoms with Crippen molar-refractivity contribution in [2.75, 3.05) is 5.23 Å². The van der Waals surface area contributed by atoms with E-state index in [9.17, 15) is 4.79 Å². The number of hydrogen-bond acceptors (Lipinski definition) is 2. The number of anilines is 1. The SMILES string of the molecule is O=C1c2ccccc2NB(c2ccc(Cl)cc2)N1Cc1ccccc1. The Labute approximate surface area is 152 Å². The number of fused-ring (bicyclic) bond motifs is 1. The maximum absolute atomic E-state index is 13.1. The van der Waals surface area contributed by atoms with Gasteiger partial charge in [0.05, 0.1) is 5.56 Å². The van der Waals surface area contributed by atoms with Crippen LogP contribution in [0.1, 0.15) is 15.9 Å². The summed E-state index contributed by atoms with van der Waals surface area (Å²) in [5.41, 5.74) is 3.65. The second-order valence-corrected chi connectivity index (χ2v) is 6.50. The van der Waals surface area contributed by atoms with Crippen molar-refractivity contribution in [1.29, 1.82) is 0 Å². The Morgan fingerprint density at radius 1 is 0.880 bits per heavy atom.